The van der Waals surface area contributed by atoms with Gasteiger partial charge in [-0.25, -0.2) is 4.79 Å². The van der Waals surface area contributed by atoms with Gasteiger partial charge in [0, 0.05) is 51.0 Å². The van der Waals surface area contributed by atoms with E-state index < -0.39 is 5.60 Å². The molecule has 2 heterocycles. The van der Waals surface area contributed by atoms with E-state index in [0.29, 0.717) is 6.54 Å². The highest BCUT2D eigenvalue weighted by Gasteiger charge is 2.44. The van der Waals surface area contributed by atoms with E-state index in [2.05, 4.69) is 171 Å². The molecule has 302 valence electrons. The Balaban J connectivity index is 1.51. The summed E-state index contributed by atoms with van der Waals surface area (Å²) in [7, 11) is 0. The van der Waals surface area contributed by atoms with Gasteiger partial charge in [0.05, 0.1) is 17.7 Å². The van der Waals surface area contributed by atoms with Gasteiger partial charge < -0.3 is 9.64 Å². The minimum atomic E-state index is -0.643. The van der Waals surface area contributed by atoms with Gasteiger partial charge in [0.25, 0.3) is 0 Å². The number of anilines is 1. The lowest BCUT2D eigenvalue weighted by Gasteiger charge is -2.30. The molecule has 3 aromatic carbocycles. The number of para-hydroxylation sites is 2. The van der Waals surface area contributed by atoms with Crippen LogP contribution >= 0.6 is 22.6 Å². The molecule has 0 atom stereocenters. The Morgan fingerprint density at radius 2 is 1.49 bits per heavy atom. The Morgan fingerprint density at radius 1 is 0.825 bits per heavy atom. The molecule has 6 rings (SSSR count). The van der Waals surface area contributed by atoms with E-state index in [9.17, 15) is 4.79 Å². The number of carbonyl (C=O) groups is 1. The van der Waals surface area contributed by atoms with Crippen molar-refractivity contribution in [2.24, 2.45) is 0 Å². The molecule has 5 nitrogen and oxygen atoms in total. The second-order valence-corrected chi connectivity index (χ2v) is 19.3. The molecular weight excluding hydrogens is 813 g/mol. The van der Waals surface area contributed by atoms with E-state index in [-0.39, 0.29) is 16.9 Å². The van der Waals surface area contributed by atoms with Crippen molar-refractivity contribution in [3.05, 3.63) is 140 Å². The van der Waals surface area contributed by atoms with Gasteiger partial charge in [0.1, 0.15) is 12.1 Å². The fraction of sp³-hybridized carbons (Fsp3) is 0.451. The molecular formula is C51H65IN3O2+. The van der Waals surface area contributed by atoms with Crippen LogP contribution in [0, 0.1) is 3.57 Å². The van der Waals surface area contributed by atoms with E-state index in [1.807, 2.05) is 25.7 Å². The Labute approximate surface area is 357 Å². The molecule has 3 aromatic rings. The van der Waals surface area contributed by atoms with E-state index in [4.69, 9.17) is 4.74 Å². The number of rotatable bonds is 14. The number of nitrogens with zero attached hydrogens (tertiary/aromatic N) is 3. The van der Waals surface area contributed by atoms with Gasteiger partial charge in [-0.15, -0.1) is 0 Å². The molecule has 1 amide bonds. The third-order valence-corrected chi connectivity index (χ3v) is 12.6. The van der Waals surface area contributed by atoms with Crippen molar-refractivity contribution in [1.29, 1.82) is 0 Å². The van der Waals surface area contributed by atoms with Crippen LogP contribution in [0.5, 0.6) is 0 Å². The summed E-state index contributed by atoms with van der Waals surface area (Å²) in [5, 5.41) is 0. The SMILES string of the molecule is CCCCCN1/C(=C/C=C2\CCC(/C=C/C3=[N+](CCCCC)c4ccccc4C3(C)C)=C2N(Cc2ccc(I)cc2)C(=O)OC(C)(C)C)C(C)(C)c2ccccc21. The molecule has 0 bridgehead atoms. The number of amides is 1. The summed E-state index contributed by atoms with van der Waals surface area (Å²) in [6.45, 7) is 22.2. The first-order chi connectivity index (χ1) is 27.2. The zero-order valence-corrected chi connectivity index (χ0v) is 38.2. The lowest BCUT2D eigenvalue weighted by molar-refractivity contribution is -0.438. The van der Waals surface area contributed by atoms with Crippen LogP contribution in [0.15, 0.2) is 120 Å². The maximum absolute atomic E-state index is 14.5. The number of carbonyl (C=O) groups excluding carboxylic acids is 1. The molecule has 0 saturated heterocycles. The summed E-state index contributed by atoms with van der Waals surface area (Å²) in [6, 6.07) is 26.3. The van der Waals surface area contributed by atoms with Crippen molar-refractivity contribution in [2.45, 2.75) is 137 Å². The minimum absolute atomic E-state index is 0.155. The molecule has 0 fully saturated rings. The number of ether oxygens (including phenoxy) is 1. The zero-order chi connectivity index (χ0) is 41.0. The maximum Gasteiger partial charge on any atom is 0.415 e. The van der Waals surface area contributed by atoms with Gasteiger partial charge >= 0.3 is 6.09 Å². The Kier molecular flexibility index (Phi) is 13.4. The highest BCUT2D eigenvalue weighted by Crippen LogP contribution is 2.48. The molecule has 0 saturated carbocycles. The zero-order valence-electron chi connectivity index (χ0n) is 36.1. The highest BCUT2D eigenvalue weighted by molar-refractivity contribution is 14.1. The Hall–Kier alpha value is -3.91. The molecule has 57 heavy (non-hydrogen) atoms. The van der Waals surface area contributed by atoms with Crippen LogP contribution in [-0.4, -0.2) is 40.0 Å². The lowest BCUT2D eigenvalue weighted by atomic mass is 9.81. The molecule has 0 unspecified atom stereocenters. The predicted molar refractivity (Wildman–Crippen MR) is 248 cm³/mol. The summed E-state index contributed by atoms with van der Waals surface area (Å²) in [4.78, 5) is 19.0. The van der Waals surface area contributed by atoms with Gasteiger partial charge in [-0.1, -0.05) is 108 Å². The first kappa shape index (κ1) is 42.7. The number of halogens is 1. The van der Waals surface area contributed by atoms with Gasteiger partial charge in [-0.05, 0) is 129 Å². The monoisotopic (exact) mass is 878 g/mol. The third-order valence-electron chi connectivity index (χ3n) is 11.9. The molecule has 0 radical (unpaired) electrons. The second kappa shape index (κ2) is 17.9. The number of benzene rings is 3. The number of unbranched alkanes of at least 4 members (excludes halogenated alkanes) is 4. The van der Waals surface area contributed by atoms with Crippen molar-refractivity contribution in [3.8, 4) is 0 Å². The number of allylic oxidation sites excluding steroid dienone is 7. The Morgan fingerprint density at radius 3 is 2.19 bits per heavy atom. The van der Waals surface area contributed by atoms with Crippen LogP contribution in [0.3, 0.4) is 0 Å². The molecule has 2 aliphatic heterocycles. The fourth-order valence-electron chi connectivity index (χ4n) is 8.87. The van der Waals surface area contributed by atoms with E-state index >= 15 is 0 Å². The smallest absolute Gasteiger partial charge is 0.415 e. The van der Waals surface area contributed by atoms with Gasteiger partial charge in [-0.3, -0.25) is 4.90 Å². The first-order valence-electron chi connectivity index (χ1n) is 21.4. The quantitative estimate of drug-likeness (QED) is 0.0919. The number of fused-ring (bicyclic) bond motifs is 2. The standard InChI is InChI=1S/C51H65IN3O2/c1-10-12-18-34-53-43-22-16-14-20-41(43)50(6,7)45(53)32-28-38-26-27-39(47(38)55(48(56)57-49(3,4)5)36-37-24-30-40(52)31-25-37)29-33-46-51(8,9)42-21-15-17-23-44(42)54(46)35-19-13-11-2/h14-17,20-25,28-33H,10-13,18-19,26-27,34-36H2,1-9H3/q+1. The van der Waals surface area contributed by atoms with Crippen molar-refractivity contribution < 1.29 is 14.1 Å². The number of hydrogen-bond donors (Lipinski definition) is 0. The summed E-state index contributed by atoms with van der Waals surface area (Å²) in [5.41, 5.74) is 11.4. The van der Waals surface area contributed by atoms with E-state index in [1.54, 1.807) is 0 Å². The summed E-state index contributed by atoms with van der Waals surface area (Å²) in [5.74, 6) is 0. The molecule has 1 aliphatic carbocycles. The van der Waals surface area contributed by atoms with Crippen LogP contribution in [-0.2, 0) is 22.1 Å². The average molecular weight is 879 g/mol. The topological polar surface area (TPSA) is 35.8 Å². The maximum atomic E-state index is 14.5. The van der Waals surface area contributed by atoms with Crippen molar-refractivity contribution >= 4 is 45.8 Å². The fourth-order valence-corrected chi connectivity index (χ4v) is 9.23. The third kappa shape index (κ3) is 9.37. The lowest BCUT2D eigenvalue weighted by Crippen LogP contribution is -2.36. The minimum Gasteiger partial charge on any atom is -0.443 e. The van der Waals surface area contributed by atoms with Crippen molar-refractivity contribution in [2.75, 3.05) is 18.0 Å². The molecule has 3 aliphatic rings. The van der Waals surface area contributed by atoms with Gasteiger partial charge in [-0.2, -0.15) is 4.58 Å². The number of hydrogen-bond acceptors (Lipinski definition) is 3. The molecule has 6 heteroatoms. The largest absolute Gasteiger partial charge is 0.443 e. The van der Waals surface area contributed by atoms with Crippen LogP contribution < -0.4 is 4.90 Å². The van der Waals surface area contributed by atoms with E-state index in [0.717, 1.165) is 61.2 Å². The van der Waals surface area contributed by atoms with Gasteiger partial charge in [0.15, 0.2) is 5.71 Å². The van der Waals surface area contributed by atoms with E-state index in [1.165, 1.54) is 63.2 Å². The predicted octanol–water partition coefficient (Wildman–Crippen LogP) is 13.7. The first-order valence-corrected chi connectivity index (χ1v) is 22.4. The summed E-state index contributed by atoms with van der Waals surface area (Å²) < 4.78 is 9.93. The summed E-state index contributed by atoms with van der Waals surface area (Å²) in [6.07, 6.45) is 17.8. The van der Waals surface area contributed by atoms with Crippen molar-refractivity contribution in [3.63, 3.8) is 0 Å². The molecule has 0 aromatic heterocycles. The Bertz CT molecular complexity index is 2090. The van der Waals surface area contributed by atoms with Crippen LogP contribution in [0.2, 0.25) is 0 Å². The van der Waals surface area contributed by atoms with Crippen LogP contribution in [0.1, 0.15) is 130 Å². The summed E-state index contributed by atoms with van der Waals surface area (Å²) >= 11 is 2.34. The molecule has 0 N–H and O–H groups in total. The van der Waals surface area contributed by atoms with Gasteiger partial charge in [0.2, 0.25) is 5.69 Å². The average Bonchev–Trinajstić information content (AvgIpc) is 3.73. The highest BCUT2D eigenvalue weighted by atomic mass is 127. The second-order valence-electron chi connectivity index (χ2n) is 18.0. The van der Waals surface area contributed by atoms with Crippen LogP contribution in [0.4, 0.5) is 16.2 Å². The molecule has 0 spiro atoms. The van der Waals surface area contributed by atoms with Crippen molar-refractivity contribution in [1.82, 2.24) is 4.90 Å². The van der Waals surface area contributed by atoms with Crippen LogP contribution in [0.25, 0.3) is 0 Å². The normalized spacial score (nSPS) is 18.7.